The number of hydrogen-bond acceptors (Lipinski definition) is 17. The Kier molecular flexibility index (Phi) is 9.54. The molecule has 0 radical (unpaired) electrons. The Morgan fingerprint density at radius 3 is 2.15 bits per heavy atom. The van der Waals surface area contributed by atoms with Crippen molar-refractivity contribution in [2.75, 3.05) is 6.61 Å². The first-order valence-electron chi connectivity index (χ1n) is 17.1. The van der Waals surface area contributed by atoms with E-state index >= 15 is 0 Å². The molecule has 2 saturated carbocycles. The molecule has 4 heterocycles. The van der Waals surface area contributed by atoms with Crippen LogP contribution < -0.4 is 4.74 Å². The van der Waals surface area contributed by atoms with Gasteiger partial charge in [-0.3, -0.25) is 29.1 Å². The van der Waals surface area contributed by atoms with Gasteiger partial charge < -0.3 is 48.5 Å². The number of aliphatic hydroxyl groups is 3. The van der Waals surface area contributed by atoms with Crippen LogP contribution in [0, 0.1) is 11.8 Å². The van der Waals surface area contributed by atoms with Gasteiger partial charge in [0.2, 0.25) is 5.60 Å². The van der Waals surface area contributed by atoms with Crippen molar-refractivity contribution in [2.45, 2.75) is 113 Å². The van der Waals surface area contributed by atoms with Gasteiger partial charge in [0, 0.05) is 45.3 Å². The van der Waals surface area contributed by atoms with Crippen molar-refractivity contribution in [1.82, 2.24) is 9.97 Å². The van der Waals surface area contributed by atoms with E-state index in [1.807, 2.05) is 0 Å². The topological polar surface area (TPSA) is 236 Å². The number of carbonyl (C=O) groups is 5. The third-order valence-corrected chi connectivity index (χ3v) is 11.0. The quantitative estimate of drug-likeness (QED) is 0.280. The summed E-state index contributed by atoms with van der Waals surface area (Å²) in [5.74, 6) is -8.19. The number of fused-ring (bicyclic) bond motifs is 5. The summed E-state index contributed by atoms with van der Waals surface area (Å²) in [5.41, 5.74) is -10.2. The van der Waals surface area contributed by atoms with Crippen molar-refractivity contribution >= 4 is 29.8 Å². The zero-order valence-electron chi connectivity index (χ0n) is 30.1. The minimum absolute atomic E-state index is 0.00307. The number of nitrogens with zero attached hydrogens (tertiary/aromatic N) is 2. The number of aliphatic hydroxyl groups excluding tert-OH is 2. The number of cyclic esters (lactones) is 1. The van der Waals surface area contributed by atoms with Crippen LogP contribution in [-0.4, -0.2) is 121 Å². The normalized spacial score (nSPS) is 40.5. The van der Waals surface area contributed by atoms with Gasteiger partial charge in [0.05, 0.1) is 23.1 Å². The standard InChI is InChI=1S/C36H42N2O15/c1-16-17(2)31(44)51-30-26(50-21-10-13-37-14-11-21)28(43)35(52-20(5)41)27(42)25(48-18(3)39)23-29(49-19(4)40)36(35,34(30,7)46)53-33(23,6)15-47-32(45)22-9-8-12-38-24(16)22/h8-14,16-17,23,25-30,42-43,46H,15H2,1-7H3/t16-,17+,23+,25+,26+,27+,28-,29-,30-,33+,34+,35+,36-/m1/s1. The highest BCUT2D eigenvalue weighted by molar-refractivity contribution is 5.91. The van der Waals surface area contributed by atoms with Crippen LogP contribution in [0.2, 0.25) is 0 Å². The molecule has 53 heavy (non-hydrogen) atoms. The molecule has 2 aliphatic carbocycles. The number of aromatic nitrogens is 2. The minimum Gasteiger partial charge on any atom is -0.483 e. The Hall–Kier alpha value is -4.71. The van der Waals surface area contributed by atoms with Crippen LogP contribution in [0.1, 0.15) is 70.4 Å². The average Bonchev–Trinajstić information content (AvgIpc) is 3.32. The number of hydrogen-bond donors (Lipinski definition) is 3. The van der Waals surface area contributed by atoms with Gasteiger partial charge in [0.1, 0.15) is 48.0 Å². The van der Waals surface area contributed by atoms with E-state index in [0.717, 1.165) is 27.7 Å². The first-order valence-corrected chi connectivity index (χ1v) is 17.1. The molecule has 4 bridgehead atoms. The molecule has 3 fully saturated rings. The fraction of sp³-hybridized carbons (Fsp3) is 0.583. The second-order valence-corrected chi connectivity index (χ2v) is 14.4. The van der Waals surface area contributed by atoms with Crippen molar-refractivity contribution in [3.8, 4) is 5.75 Å². The first kappa shape index (κ1) is 38.0. The summed E-state index contributed by atoms with van der Waals surface area (Å²) in [6, 6.07) is 5.75. The summed E-state index contributed by atoms with van der Waals surface area (Å²) in [4.78, 5) is 75.2. The van der Waals surface area contributed by atoms with Gasteiger partial charge in [-0.1, -0.05) is 13.8 Å². The Bertz CT molecular complexity index is 1810. The number of ether oxygens (including phenoxy) is 7. The summed E-state index contributed by atoms with van der Waals surface area (Å²) in [6.45, 7) is 7.97. The second kappa shape index (κ2) is 13.3. The Morgan fingerprint density at radius 2 is 1.53 bits per heavy atom. The summed E-state index contributed by atoms with van der Waals surface area (Å²) < 4.78 is 42.4. The van der Waals surface area contributed by atoms with Crippen molar-refractivity contribution in [2.24, 2.45) is 11.8 Å². The highest BCUT2D eigenvalue weighted by atomic mass is 16.7. The summed E-state index contributed by atoms with van der Waals surface area (Å²) in [7, 11) is 0. The number of carbonyl (C=O) groups excluding carboxylic acids is 5. The monoisotopic (exact) mass is 742 g/mol. The maximum Gasteiger partial charge on any atom is 0.340 e. The lowest BCUT2D eigenvalue weighted by molar-refractivity contribution is -0.395. The highest BCUT2D eigenvalue weighted by Crippen LogP contribution is 2.66. The van der Waals surface area contributed by atoms with E-state index < -0.39 is 113 Å². The van der Waals surface area contributed by atoms with Gasteiger partial charge >= 0.3 is 29.8 Å². The van der Waals surface area contributed by atoms with Crippen LogP contribution in [0.15, 0.2) is 42.9 Å². The molecule has 0 amide bonds. The third-order valence-electron chi connectivity index (χ3n) is 11.0. The summed E-state index contributed by atoms with van der Waals surface area (Å²) in [6.07, 6.45) is -7.92. The Balaban J connectivity index is 1.70. The van der Waals surface area contributed by atoms with Gasteiger partial charge in [-0.15, -0.1) is 0 Å². The van der Waals surface area contributed by atoms with Crippen LogP contribution in [0.3, 0.4) is 0 Å². The smallest absolute Gasteiger partial charge is 0.340 e. The summed E-state index contributed by atoms with van der Waals surface area (Å²) >= 11 is 0. The van der Waals surface area contributed by atoms with Crippen LogP contribution in [0.25, 0.3) is 0 Å². The van der Waals surface area contributed by atoms with Gasteiger partial charge in [-0.05, 0) is 38.1 Å². The lowest BCUT2D eigenvalue weighted by Crippen LogP contribution is -2.92. The van der Waals surface area contributed by atoms with Crippen LogP contribution in [-0.2, 0) is 47.6 Å². The molecule has 1 saturated heterocycles. The fourth-order valence-electron chi connectivity index (χ4n) is 8.69. The van der Waals surface area contributed by atoms with Gasteiger partial charge in [-0.25, -0.2) is 4.79 Å². The molecule has 0 aromatic carbocycles. The van der Waals surface area contributed by atoms with Crippen LogP contribution in [0.4, 0.5) is 0 Å². The largest absolute Gasteiger partial charge is 0.483 e. The Morgan fingerprint density at radius 1 is 0.887 bits per heavy atom. The molecule has 0 unspecified atom stereocenters. The van der Waals surface area contributed by atoms with Crippen LogP contribution in [0.5, 0.6) is 5.75 Å². The molecule has 2 aromatic rings. The highest BCUT2D eigenvalue weighted by Gasteiger charge is 2.92. The second-order valence-electron chi connectivity index (χ2n) is 14.4. The van der Waals surface area contributed by atoms with Gasteiger partial charge in [-0.2, -0.15) is 0 Å². The number of rotatable bonds is 5. The summed E-state index contributed by atoms with van der Waals surface area (Å²) in [5, 5.41) is 38.3. The van der Waals surface area contributed by atoms with E-state index in [1.165, 1.54) is 56.7 Å². The van der Waals surface area contributed by atoms with E-state index in [2.05, 4.69) is 9.97 Å². The lowest BCUT2D eigenvalue weighted by atomic mass is 9.50. The zero-order valence-corrected chi connectivity index (χ0v) is 30.1. The predicted octanol–water partition coefficient (Wildman–Crippen LogP) is 0.555. The molecule has 2 aliphatic heterocycles. The van der Waals surface area contributed by atoms with E-state index in [-0.39, 0.29) is 17.0 Å². The Labute approximate surface area is 303 Å². The third kappa shape index (κ3) is 5.63. The van der Waals surface area contributed by atoms with E-state index in [4.69, 9.17) is 33.2 Å². The minimum atomic E-state index is -2.92. The van der Waals surface area contributed by atoms with Crippen molar-refractivity contribution < 1.29 is 72.5 Å². The maximum atomic E-state index is 14.2. The molecule has 3 N–H and O–H groups in total. The zero-order chi connectivity index (χ0) is 38.8. The average molecular weight is 743 g/mol. The maximum absolute atomic E-state index is 14.2. The SMILES string of the molecule is CC(=O)O[C@H]1[C@H]2[C@@H](OC(C)=O)[C@]34O[C@@]2(C)COC(=O)c2cccnc2[C@H](C)[C@H](C)C(=O)O[C@H]([C@@H](Oc2ccncc2)[C@@H](O)[C@@]3(OC(C)=O)[C@H]1O)[C@]4(C)O. The van der Waals surface area contributed by atoms with Gasteiger partial charge in [0.25, 0.3) is 0 Å². The molecular formula is C36H42N2O15. The molecular weight excluding hydrogens is 700 g/mol. The molecule has 6 rings (SSSR count). The number of pyridine rings is 2. The van der Waals surface area contributed by atoms with Crippen molar-refractivity contribution in [3.63, 3.8) is 0 Å². The molecule has 4 aliphatic rings. The molecule has 17 heteroatoms. The molecule has 1 spiro atoms. The van der Waals surface area contributed by atoms with E-state index in [9.17, 15) is 39.3 Å². The molecule has 13 atom stereocenters. The predicted molar refractivity (Wildman–Crippen MR) is 175 cm³/mol. The molecule has 2 aromatic heterocycles. The van der Waals surface area contributed by atoms with E-state index in [1.54, 1.807) is 6.92 Å². The van der Waals surface area contributed by atoms with Crippen molar-refractivity contribution in [1.29, 1.82) is 0 Å². The van der Waals surface area contributed by atoms with Crippen molar-refractivity contribution in [3.05, 3.63) is 54.1 Å². The van der Waals surface area contributed by atoms with Crippen LogP contribution >= 0.6 is 0 Å². The fourth-order valence-corrected chi connectivity index (χ4v) is 8.69. The first-order chi connectivity index (χ1) is 24.8. The lowest BCUT2D eigenvalue weighted by Gasteiger charge is -2.66. The molecule has 286 valence electrons. The van der Waals surface area contributed by atoms with E-state index in [0.29, 0.717) is 0 Å². The molecule has 17 nitrogen and oxygen atoms in total. The number of esters is 5. The van der Waals surface area contributed by atoms with Gasteiger partial charge in [0.15, 0.2) is 17.8 Å².